The van der Waals surface area contributed by atoms with Crippen molar-refractivity contribution in [2.75, 3.05) is 4.90 Å². The van der Waals surface area contributed by atoms with Gasteiger partial charge >= 0.3 is 0 Å². The number of allylic oxidation sites excluding steroid dienone is 2. The van der Waals surface area contributed by atoms with Gasteiger partial charge in [-0.05, 0) is 58.1 Å². The second kappa shape index (κ2) is 7.05. The largest absolute Gasteiger partial charge is 0.350 e. The van der Waals surface area contributed by atoms with E-state index in [4.69, 9.17) is 0 Å². The monoisotopic (exact) mass is 338 g/mol. The lowest BCUT2D eigenvalue weighted by Crippen LogP contribution is -2.44. The molecule has 0 N–H and O–H groups in total. The maximum absolute atomic E-state index is 2.85. The molecular formula is C23H34N2. The van der Waals surface area contributed by atoms with Gasteiger partial charge in [-0.2, -0.15) is 0 Å². The maximum Gasteiger partial charge on any atom is 0.103 e. The van der Waals surface area contributed by atoms with Gasteiger partial charge in [-0.3, -0.25) is 0 Å². The number of aryl methyl sites for hydroxylation is 1. The molecule has 2 heteroatoms. The van der Waals surface area contributed by atoms with Crippen LogP contribution in [0.2, 0.25) is 0 Å². The minimum atomic E-state index is 0.459. The molecule has 1 aromatic rings. The van der Waals surface area contributed by atoms with Crippen LogP contribution in [0.25, 0.3) is 0 Å². The van der Waals surface area contributed by atoms with E-state index in [0.717, 1.165) is 12.0 Å². The van der Waals surface area contributed by atoms with E-state index in [-0.39, 0.29) is 0 Å². The molecule has 2 aliphatic carbocycles. The highest BCUT2D eigenvalue weighted by Gasteiger charge is 2.41. The van der Waals surface area contributed by atoms with Crippen LogP contribution in [0.4, 0.5) is 5.69 Å². The third-order valence-electron chi connectivity index (χ3n) is 6.87. The van der Waals surface area contributed by atoms with Gasteiger partial charge in [0, 0.05) is 29.0 Å². The van der Waals surface area contributed by atoms with E-state index in [9.17, 15) is 0 Å². The van der Waals surface area contributed by atoms with Gasteiger partial charge in [0.25, 0.3) is 0 Å². The number of hydrogen-bond acceptors (Lipinski definition) is 2. The summed E-state index contributed by atoms with van der Waals surface area (Å²) in [6.45, 7) is 7.08. The predicted octanol–water partition coefficient (Wildman–Crippen LogP) is 6.22. The SMILES string of the molecule is CC1=C(C2CCCCC2)N(C2CCCC2)C(C)N1c1ccccc1C. The molecule has 1 aliphatic heterocycles. The van der Waals surface area contributed by atoms with Gasteiger partial charge in [-0.25, -0.2) is 0 Å². The summed E-state index contributed by atoms with van der Waals surface area (Å²) in [5.74, 6) is 0.783. The Morgan fingerprint density at radius 3 is 2.16 bits per heavy atom. The molecule has 0 spiro atoms. The Bertz CT molecular complexity index is 635. The highest BCUT2D eigenvalue weighted by molar-refractivity contribution is 5.60. The van der Waals surface area contributed by atoms with Crippen LogP contribution < -0.4 is 4.90 Å². The van der Waals surface area contributed by atoms with Gasteiger partial charge in [0.1, 0.15) is 6.17 Å². The fraction of sp³-hybridized carbons (Fsp3) is 0.652. The lowest BCUT2D eigenvalue weighted by atomic mass is 9.85. The zero-order valence-corrected chi connectivity index (χ0v) is 16.3. The van der Waals surface area contributed by atoms with Crippen LogP contribution in [-0.2, 0) is 0 Å². The topological polar surface area (TPSA) is 6.48 Å². The minimum absolute atomic E-state index is 0.459. The Kier molecular flexibility index (Phi) is 4.80. The van der Waals surface area contributed by atoms with Crippen molar-refractivity contribution in [1.29, 1.82) is 0 Å². The van der Waals surface area contributed by atoms with Gasteiger partial charge in [-0.15, -0.1) is 0 Å². The number of para-hydroxylation sites is 1. The number of anilines is 1. The molecule has 1 atom stereocenters. The smallest absolute Gasteiger partial charge is 0.103 e. The number of benzene rings is 1. The maximum atomic E-state index is 2.85. The molecule has 1 aromatic carbocycles. The number of hydrogen-bond donors (Lipinski definition) is 0. The number of nitrogens with zero attached hydrogens (tertiary/aromatic N) is 2. The van der Waals surface area contributed by atoms with Crippen LogP contribution >= 0.6 is 0 Å². The summed E-state index contributed by atoms with van der Waals surface area (Å²) >= 11 is 0. The third-order valence-corrected chi connectivity index (χ3v) is 6.87. The second-order valence-electron chi connectivity index (χ2n) is 8.44. The molecule has 4 rings (SSSR count). The zero-order chi connectivity index (χ0) is 17.4. The molecule has 0 saturated heterocycles. The summed E-state index contributed by atoms with van der Waals surface area (Å²) in [4.78, 5) is 5.49. The van der Waals surface area contributed by atoms with Gasteiger partial charge < -0.3 is 9.80 Å². The Morgan fingerprint density at radius 2 is 1.48 bits per heavy atom. The van der Waals surface area contributed by atoms with E-state index >= 15 is 0 Å². The first-order valence-corrected chi connectivity index (χ1v) is 10.5. The molecule has 0 aromatic heterocycles. The highest BCUT2D eigenvalue weighted by Crippen LogP contribution is 2.45. The van der Waals surface area contributed by atoms with Crippen LogP contribution in [0.3, 0.4) is 0 Å². The van der Waals surface area contributed by atoms with Crippen LogP contribution in [0.15, 0.2) is 35.7 Å². The Balaban J connectivity index is 1.75. The van der Waals surface area contributed by atoms with E-state index in [1.54, 1.807) is 5.70 Å². The molecule has 0 amide bonds. The average molecular weight is 339 g/mol. The van der Waals surface area contributed by atoms with Crippen molar-refractivity contribution in [3.05, 3.63) is 41.2 Å². The van der Waals surface area contributed by atoms with E-state index in [2.05, 4.69) is 54.8 Å². The summed E-state index contributed by atoms with van der Waals surface area (Å²) in [5.41, 5.74) is 6.02. The standard InChI is InChI=1S/C23H34N2/c1-17-11-7-10-16-22(17)24-18(2)23(20-12-5-4-6-13-20)25(19(24)3)21-14-8-9-15-21/h7,10-11,16,19-21H,4-6,8-9,12-15H2,1-3H3. The van der Waals surface area contributed by atoms with Crippen molar-refractivity contribution < 1.29 is 0 Å². The molecule has 2 saturated carbocycles. The summed E-state index contributed by atoms with van der Waals surface area (Å²) in [7, 11) is 0. The first-order chi connectivity index (χ1) is 12.2. The average Bonchev–Trinajstić information content (AvgIpc) is 3.23. The normalized spacial score (nSPS) is 26.1. The molecule has 25 heavy (non-hydrogen) atoms. The third kappa shape index (κ3) is 2.98. The zero-order valence-electron chi connectivity index (χ0n) is 16.3. The molecule has 2 nitrogen and oxygen atoms in total. The molecular weight excluding hydrogens is 304 g/mol. The summed E-state index contributed by atoms with van der Waals surface area (Å²) in [6, 6.07) is 9.69. The fourth-order valence-electron chi connectivity index (χ4n) is 5.70. The fourth-order valence-corrected chi connectivity index (χ4v) is 5.70. The van der Waals surface area contributed by atoms with Crippen molar-refractivity contribution in [3.63, 3.8) is 0 Å². The minimum Gasteiger partial charge on any atom is -0.350 e. The summed E-state index contributed by atoms with van der Waals surface area (Å²) in [5, 5.41) is 0. The molecule has 1 unspecified atom stereocenters. The quantitative estimate of drug-likeness (QED) is 0.645. The Hall–Kier alpha value is -1.44. The highest BCUT2D eigenvalue weighted by atomic mass is 15.4. The molecule has 0 radical (unpaired) electrons. The van der Waals surface area contributed by atoms with Crippen LogP contribution in [-0.4, -0.2) is 17.1 Å². The lowest BCUT2D eigenvalue weighted by Gasteiger charge is -2.39. The molecule has 1 heterocycles. The summed E-state index contributed by atoms with van der Waals surface area (Å²) < 4.78 is 0. The van der Waals surface area contributed by atoms with Crippen molar-refractivity contribution in [1.82, 2.24) is 4.90 Å². The van der Waals surface area contributed by atoms with Gasteiger partial charge in [-0.1, -0.05) is 50.3 Å². The molecule has 136 valence electrons. The van der Waals surface area contributed by atoms with E-state index in [1.165, 1.54) is 74.7 Å². The van der Waals surface area contributed by atoms with E-state index in [1.807, 2.05) is 0 Å². The molecule has 2 fully saturated rings. The lowest BCUT2D eigenvalue weighted by molar-refractivity contribution is 0.183. The van der Waals surface area contributed by atoms with Crippen LogP contribution in [0.1, 0.15) is 77.2 Å². The number of rotatable bonds is 3. The van der Waals surface area contributed by atoms with Crippen molar-refractivity contribution in [3.8, 4) is 0 Å². The van der Waals surface area contributed by atoms with Crippen molar-refractivity contribution in [2.45, 2.75) is 90.8 Å². The van der Waals surface area contributed by atoms with Crippen molar-refractivity contribution >= 4 is 5.69 Å². The summed E-state index contributed by atoms with van der Waals surface area (Å²) in [6.07, 6.45) is 13.1. The van der Waals surface area contributed by atoms with E-state index in [0.29, 0.717) is 6.17 Å². The van der Waals surface area contributed by atoms with Crippen LogP contribution in [0, 0.1) is 12.8 Å². The molecule has 0 bridgehead atoms. The Morgan fingerprint density at radius 1 is 0.840 bits per heavy atom. The van der Waals surface area contributed by atoms with Gasteiger partial charge in [0.05, 0.1) is 0 Å². The van der Waals surface area contributed by atoms with E-state index < -0.39 is 0 Å². The first kappa shape index (κ1) is 17.0. The first-order valence-electron chi connectivity index (χ1n) is 10.5. The van der Waals surface area contributed by atoms with Gasteiger partial charge in [0.2, 0.25) is 0 Å². The second-order valence-corrected chi connectivity index (χ2v) is 8.44. The van der Waals surface area contributed by atoms with Crippen LogP contribution in [0.5, 0.6) is 0 Å². The van der Waals surface area contributed by atoms with Crippen molar-refractivity contribution in [2.24, 2.45) is 5.92 Å². The Labute approximate surface area is 153 Å². The molecule has 3 aliphatic rings. The van der Waals surface area contributed by atoms with Gasteiger partial charge in [0.15, 0.2) is 0 Å². The predicted molar refractivity (Wildman–Crippen MR) is 106 cm³/mol.